The van der Waals surface area contributed by atoms with Gasteiger partial charge in [0.05, 0.1) is 5.60 Å². The van der Waals surface area contributed by atoms with Crippen LogP contribution in [0.1, 0.15) is 37.7 Å². The fourth-order valence-electron chi connectivity index (χ4n) is 3.50. The largest absolute Gasteiger partial charge is 0.480 e. The Balaban J connectivity index is 1.81. The minimum atomic E-state index is -0.773. The van der Waals surface area contributed by atoms with Crippen molar-refractivity contribution in [1.29, 1.82) is 0 Å². The number of carboxylic acids is 1. The topological polar surface area (TPSA) is 49.8 Å². The monoisotopic (exact) mass is 289 g/mol. The molecule has 1 N–H and O–H groups in total. The molecule has 1 saturated heterocycles. The van der Waals surface area contributed by atoms with E-state index in [0.717, 1.165) is 38.0 Å². The van der Waals surface area contributed by atoms with Crippen molar-refractivity contribution in [2.45, 2.75) is 50.7 Å². The van der Waals surface area contributed by atoms with E-state index in [1.54, 1.807) is 0 Å². The highest BCUT2D eigenvalue weighted by Gasteiger charge is 2.44. The molecule has 1 aliphatic carbocycles. The zero-order valence-electron chi connectivity index (χ0n) is 12.5. The van der Waals surface area contributed by atoms with E-state index in [-0.39, 0.29) is 18.2 Å². The van der Waals surface area contributed by atoms with Gasteiger partial charge in [-0.15, -0.1) is 0 Å². The van der Waals surface area contributed by atoms with Crippen LogP contribution in [-0.2, 0) is 9.53 Å². The van der Waals surface area contributed by atoms with Gasteiger partial charge in [0.25, 0.3) is 0 Å². The first-order chi connectivity index (χ1) is 10.1. The molecule has 1 saturated carbocycles. The molecular formula is C17H23NO3. The van der Waals surface area contributed by atoms with Gasteiger partial charge in [-0.2, -0.15) is 0 Å². The summed E-state index contributed by atoms with van der Waals surface area (Å²) >= 11 is 0. The van der Waals surface area contributed by atoms with Gasteiger partial charge in [0, 0.05) is 18.3 Å². The lowest BCUT2D eigenvalue weighted by Gasteiger charge is -2.49. The lowest BCUT2D eigenvalue weighted by molar-refractivity contribution is -0.139. The standard InChI is InChI=1S/C17H23NO3/c1-13-3-5-14(6-4-13)18(12-16(19)20)15-7-10-21-17(11-15)8-2-9-17/h3-6,15H,2,7-12H2,1H3,(H,19,20). The summed E-state index contributed by atoms with van der Waals surface area (Å²) in [7, 11) is 0. The number of hydrogen-bond acceptors (Lipinski definition) is 3. The summed E-state index contributed by atoms with van der Waals surface area (Å²) in [5.74, 6) is -0.773. The van der Waals surface area contributed by atoms with Crippen LogP contribution in [0.2, 0.25) is 0 Å². The Morgan fingerprint density at radius 3 is 2.67 bits per heavy atom. The number of carbonyl (C=O) groups is 1. The summed E-state index contributed by atoms with van der Waals surface area (Å²) in [5.41, 5.74) is 2.23. The van der Waals surface area contributed by atoms with Crippen LogP contribution in [0.3, 0.4) is 0 Å². The van der Waals surface area contributed by atoms with Crippen molar-refractivity contribution < 1.29 is 14.6 Å². The van der Waals surface area contributed by atoms with Gasteiger partial charge in [-0.3, -0.25) is 4.79 Å². The van der Waals surface area contributed by atoms with Crippen LogP contribution in [0.25, 0.3) is 0 Å². The number of nitrogens with zero attached hydrogens (tertiary/aromatic N) is 1. The number of hydrogen-bond donors (Lipinski definition) is 1. The molecule has 21 heavy (non-hydrogen) atoms. The fourth-order valence-corrected chi connectivity index (χ4v) is 3.50. The molecule has 2 aliphatic rings. The Morgan fingerprint density at radius 2 is 2.10 bits per heavy atom. The van der Waals surface area contributed by atoms with E-state index in [4.69, 9.17) is 4.74 Å². The predicted octanol–water partition coefficient (Wildman–Crippen LogP) is 2.99. The first-order valence-electron chi connectivity index (χ1n) is 7.77. The van der Waals surface area contributed by atoms with Crippen LogP contribution in [0.15, 0.2) is 24.3 Å². The van der Waals surface area contributed by atoms with E-state index >= 15 is 0 Å². The van der Waals surface area contributed by atoms with Gasteiger partial charge in [-0.25, -0.2) is 0 Å². The Bertz CT molecular complexity index is 507. The zero-order chi connectivity index (χ0) is 14.9. The highest BCUT2D eigenvalue weighted by atomic mass is 16.5. The second-order valence-electron chi connectivity index (χ2n) is 6.39. The maximum Gasteiger partial charge on any atom is 0.323 e. The number of anilines is 1. The Labute approximate surface area is 125 Å². The molecule has 1 aromatic carbocycles. The van der Waals surface area contributed by atoms with E-state index in [1.165, 1.54) is 12.0 Å². The van der Waals surface area contributed by atoms with Crippen LogP contribution in [0.4, 0.5) is 5.69 Å². The quantitative estimate of drug-likeness (QED) is 0.925. The molecule has 1 spiro atoms. The van der Waals surface area contributed by atoms with Crippen molar-refractivity contribution in [1.82, 2.24) is 0 Å². The zero-order valence-corrected chi connectivity index (χ0v) is 12.5. The summed E-state index contributed by atoms with van der Waals surface area (Å²) in [6, 6.07) is 8.41. The normalized spacial score (nSPS) is 23.6. The predicted molar refractivity (Wildman–Crippen MR) is 81.7 cm³/mol. The van der Waals surface area contributed by atoms with Crippen molar-refractivity contribution >= 4 is 11.7 Å². The lowest BCUT2D eigenvalue weighted by atomic mass is 9.73. The van der Waals surface area contributed by atoms with Crippen molar-refractivity contribution in [3.8, 4) is 0 Å². The van der Waals surface area contributed by atoms with Crippen LogP contribution < -0.4 is 4.90 Å². The number of ether oxygens (including phenoxy) is 1. The smallest absolute Gasteiger partial charge is 0.323 e. The second kappa shape index (κ2) is 5.68. The van der Waals surface area contributed by atoms with Gasteiger partial charge in [-0.1, -0.05) is 17.7 Å². The van der Waals surface area contributed by atoms with E-state index < -0.39 is 5.97 Å². The summed E-state index contributed by atoms with van der Waals surface area (Å²) in [6.45, 7) is 2.85. The number of aryl methyl sites for hydroxylation is 1. The summed E-state index contributed by atoms with van der Waals surface area (Å²) in [6.07, 6.45) is 5.34. The summed E-state index contributed by atoms with van der Waals surface area (Å²) in [4.78, 5) is 13.3. The van der Waals surface area contributed by atoms with Crippen molar-refractivity contribution in [3.05, 3.63) is 29.8 Å². The molecule has 4 nitrogen and oxygen atoms in total. The number of aliphatic carboxylic acids is 1. The third-order valence-corrected chi connectivity index (χ3v) is 4.84. The SMILES string of the molecule is Cc1ccc(N(CC(=O)O)C2CCOC3(CCC3)C2)cc1. The van der Waals surface area contributed by atoms with Gasteiger partial charge >= 0.3 is 5.97 Å². The minimum Gasteiger partial charge on any atom is -0.480 e. The third-order valence-electron chi connectivity index (χ3n) is 4.84. The van der Waals surface area contributed by atoms with Crippen molar-refractivity contribution in [2.75, 3.05) is 18.1 Å². The Hall–Kier alpha value is -1.55. The molecule has 1 atom stereocenters. The van der Waals surface area contributed by atoms with Gasteiger partial charge < -0.3 is 14.7 Å². The van der Waals surface area contributed by atoms with Gasteiger partial charge in [0.1, 0.15) is 6.54 Å². The van der Waals surface area contributed by atoms with E-state index in [9.17, 15) is 9.90 Å². The molecule has 3 rings (SSSR count). The average molecular weight is 289 g/mol. The first kappa shape index (κ1) is 14.4. The van der Waals surface area contributed by atoms with E-state index in [0.29, 0.717) is 0 Å². The highest BCUT2D eigenvalue weighted by molar-refractivity contribution is 5.74. The van der Waals surface area contributed by atoms with Crippen LogP contribution in [0.5, 0.6) is 0 Å². The Kier molecular flexibility index (Phi) is 3.89. The first-order valence-corrected chi connectivity index (χ1v) is 7.77. The van der Waals surface area contributed by atoms with Crippen molar-refractivity contribution in [3.63, 3.8) is 0 Å². The van der Waals surface area contributed by atoms with E-state index in [1.807, 2.05) is 36.1 Å². The third kappa shape index (κ3) is 3.05. The molecule has 1 unspecified atom stereocenters. The van der Waals surface area contributed by atoms with Crippen molar-refractivity contribution in [2.24, 2.45) is 0 Å². The maximum atomic E-state index is 11.3. The minimum absolute atomic E-state index is 0.0321. The van der Waals surface area contributed by atoms with Gasteiger partial charge in [0.15, 0.2) is 0 Å². The number of benzene rings is 1. The number of rotatable bonds is 4. The van der Waals surface area contributed by atoms with E-state index in [2.05, 4.69) is 0 Å². The molecular weight excluding hydrogens is 266 g/mol. The fraction of sp³-hybridized carbons (Fsp3) is 0.588. The second-order valence-corrected chi connectivity index (χ2v) is 6.39. The molecule has 0 radical (unpaired) electrons. The van der Waals surface area contributed by atoms with Gasteiger partial charge in [-0.05, 0) is 51.2 Å². The molecule has 1 aliphatic heterocycles. The molecule has 0 aromatic heterocycles. The van der Waals surface area contributed by atoms with Gasteiger partial charge in [0.2, 0.25) is 0 Å². The van der Waals surface area contributed by atoms with Crippen LogP contribution >= 0.6 is 0 Å². The molecule has 1 aromatic rings. The maximum absolute atomic E-state index is 11.3. The lowest BCUT2D eigenvalue weighted by Crippen LogP contribution is -2.53. The molecule has 114 valence electrons. The average Bonchev–Trinajstić information content (AvgIpc) is 2.44. The molecule has 2 fully saturated rings. The van der Waals surface area contributed by atoms with Crippen LogP contribution in [0, 0.1) is 6.92 Å². The molecule has 1 heterocycles. The Morgan fingerprint density at radius 1 is 1.38 bits per heavy atom. The summed E-state index contributed by atoms with van der Waals surface area (Å²) in [5, 5.41) is 9.26. The highest BCUT2D eigenvalue weighted by Crippen LogP contribution is 2.44. The molecule has 4 heteroatoms. The molecule has 0 bridgehead atoms. The summed E-state index contributed by atoms with van der Waals surface area (Å²) < 4.78 is 5.97. The molecule has 0 amide bonds. The van der Waals surface area contributed by atoms with Crippen LogP contribution in [-0.4, -0.2) is 35.9 Å². The number of carboxylic acid groups (broad SMARTS) is 1.